The van der Waals surface area contributed by atoms with Crippen LogP contribution in [0.15, 0.2) is 71.6 Å². The molecule has 3 aromatic carbocycles. The van der Waals surface area contributed by atoms with Gasteiger partial charge in [0.2, 0.25) is 5.91 Å². The van der Waals surface area contributed by atoms with Crippen LogP contribution in [0, 0.1) is 6.92 Å². The summed E-state index contributed by atoms with van der Waals surface area (Å²) in [5, 5.41) is 6.03. The molecule has 6 nitrogen and oxygen atoms in total. The summed E-state index contributed by atoms with van der Waals surface area (Å²) in [6.45, 7) is 3.83. The Morgan fingerprint density at radius 2 is 1.73 bits per heavy atom. The lowest BCUT2D eigenvalue weighted by atomic mass is 10.1. The van der Waals surface area contributed by atoms with E-state index in [0.29, 0.717) is 16.4 Å². The number of hydrogen-bond donors (Lipinski definition) is 2. The van der Waals surface area contributed by atoms with Gasteiger partial charge in [-0.15, -0.1) is 11.8 Å². The molecule has 2 amide bonds. The average molecular weight is 478 g/mol. The standard InChI is InChI=1S/C25H23N3O3S2/c1-15-4-6-17(7-5-15)24(30)26-18-8-11-20(12-9-18)32-16(2)23(29)28-25-27-21-13-10-19(31-3)14-22(21)33-25/h4-14,16H,1-3H3,(H,26,30)(H,27,28,29). The van der Waals surface area contributed by atoms with E-state index in [1.807, 2.05) is 68.4 Å². The zero-order valence-corrected chi connectivity index (χ0v) is 20.0. The van der Waals surface area contributed by atoms with Crippen molar-refractivity contribution in [3.63, 3.8) is 0 Å². The van der Waals surface area contributed by atoms with Crippen molar-refractivity contribution in [2.24, 2.45) is 0 Å². The molecule has 33 heavy (non-hydrogen) atoms. The second-order valence-electron chi connectivity index (χ2n) is 7.45. The van der Waals surface area contributed by atoms with Gasteiger partial charge in [0, 0.05) is 16.1 Å². The highest BCUT2D eigenvalue weighted by Gasteiger charge is 2.17. The molecule has 8 heteroatoms. The highest BCUT2D eigenvalue weighted by molar-refractivity contribution is 8.00. The van der Waals surface area contributed by atoms with Gasteiger partial charge in [-0.25, -0.2) is 4.98 Å². The maximum atomic E-state index is 12.7. The Balaban J connectivity index is 1.34. The number of amides is 2. The number of aryl methyl sites for hydroxylation is 1. The predicted molar refractivity (Wildman–Crippen MR) is 136 cm³/mol. The first-order valence-electron chi connectivity index (χ1n) is 10.3. The third-order valence-electron chi connectivity index (χ3n) is 4.93. The number of nitrogens with one attached hydrogen (secondary N) is 2. The second-order valence-corrected chi connectivity index (χ2v) is 9.89. The molecule has 4 rings (SSSR count). The van der Waals surface area contributed by atoms with Gasteiger partial charge in [0.05, 0.1) is 22.6 Å². The van der Waals surface area contributed by atoms with Crippen molar-refractivity contribution in [1.29, 1.82) is 0 Å². The number of methoxy groups -OCH3 is 1. The number of benzene rings is 3. The van der Waals surface area contributed by atoms with Crippen molar-refractivity contribution >= 4 is 55.9 Å². The van der Waals surface area contributed by atoms with Gasteiger partial charge in [-0.2, -0.15) is 0 Å². The summed E-state index contributed by atoms with van der Waals surface area (Å²) in [6.07, 6.45) is 0. The van der Waals surface area contributed by atoms with E-state index >= 15 is 0 Å². The number of aromatic nitrogens is 1. The highest BCUT2D eigenvalue weighted by Crippen LogP contribution is 2.30. The van der Waals surface area contributed by atoms with E-state index in [0.717, 1.165) is 26.4 Å². The van der Waals surface area contributed by atoms with Gasteiger partial charge < -0.3 is 15.4 Å². The zero-order valence-electron chi connectivity index (χ0n) is 18.4. The number of thioether (sulfide) groups is 1. The summed E-state index contributed by atoms with van der Waals surface area (Å²) in [5.74, 6) is 0.478. The molecular formula is C25H23N3O3S2. The first-order valence-corrected chi connectivity index (χ1v) is 12.0. The van der Waals surface area contributed by atoms with Crippen molar-refractivity contribution in [3.8, 4) is 5.75 Å². The first kappa shape index (κ1) is 22.8. The molecule has 4 aromatic rings. The summed E-state index contributed by atoms with van der Waals surface area (Å²) in [6, 6.07) is 20.5. The van der Waals surface area contributed by atoms with E-state index in [-0.39, 0.29) is 17.1 Å². The molecule has 0 bridgehead atoms. The number of ether oxygens (including phenoxy) is 1. The Labute approximate surface area is 200 Å². The maximum Gasteiger partial charge on any atom is 0.255 e. The van der Waals surface area contributed by atoms with Crippen LogP contribution in [0.25, 0.3) is 10.2 Å². The highest BCUT2D eigenvalue weighted by atomic mass is 32.2. The summed E-state index contributed by atoms with van der Waals surface area (Å²) in [7, 11) is 1.62. The lowest BCUT2D eigenvalue weighted by molar-refractivity contribution is -0.115. The van der Waals surface area contributed by atoms with Gasteiger partial charge in [-0.3, -0.25) is 9.59 Å². The summed E-state index contributed by atoms with van der Waals surface area (Å²) < 4.78 is 6.19. The van der Waals surface area contributed by atoms with Gasteiger partial charge >= 0.3 is 0 Å². The Hall–Kier alpha value is -3.36. The molecule has 2 N–H and O–H groups in total. The van der Waals surface area contributed by atoms with Crippen LogP contribution in [0.1, 0.15) is 22.8 Å². The first-order chi connectivity index (χ1) is 15.9. The zero-order chi connectivity index (χ0) is 23.4. The average Bonchev–Trinajstić information content (AvgIpc) is 3.22. The normalized spacial score (nSPS) is 11.7. The number of fused-ring (bicyclic) bond motifs is 1. The van der Waals surface area contributed by atoms with Crippen LogP contribution in [-0.4, -0.2) is 29.2 Å². The number of rotatable bonds is 7. The number of nitrogens with zero attached hydrogens (tertiary/aromatic N) is 1. The van der Waals surface area contributed by atoms with Gasteiger partial charge in [-0.1, -0.05) is 29.0 Å². The predicted octanol–water partition coefficient (Wildman–Crippen LogP) is 5.98. The second kappa shape index (κ2) is 10.1. The van der Waals surface area contributed by atoms with Crippen LogP contribution in [0.3, 0.4) is 0 Å². The topological polar surface area (TPSA) is 80.3 Å². The maximum absolute atomic E-state index is 12.7. The van der Waals surface area contributed by atoms with Crippen molar-refractivity contribution in [2.75, 3.05) is 17.7 Å². The third-order valence-corrected chi connectivity index (χ3v) is 6.98. The third kappa shape index (κ3) is 5.71. The Morgan fingerprint density at radius 1 is 1.00 bits per heavy atom. The monoisotopic (exact) mass is 477 g/mol. The van der Waals surface area contributed by atoms with E-state index in [1.165, 1.54) is 23.1 Å². The van der Waals surface area contributed by atoms with E-state index in [4.69, 9.17) is 4.74 Å². The lowest BCUT2D eigenvalue weighted by Crippen LogP contribution is -2.22. The number of anilines is 2. The Kier molecular flexibility index (Phi) is 6.96. The molecule has 0 saturated heterocycles. The molecule has 0 radical (unpaired) electrons. The van der Waals surface area contributed by atoms with Crippen molar-refractivity contribution in [2.45, 2.75) is 24.0 Å². The fourth-order valence-electron chi connectivity index (χ4n) is 3.08. The SMILES string of the molecule is COc1ccc2nc(NC(=O)C(C)Sc3ccc(NC(=O)c4ccc(C)cc4)cc3)sc2c1. The van der Waals surface area contributed by atoms with E-state index in [1.54, 1.807) is 19.2 Å². The van der Waals surface area contributed by atoms with Crippen molar-refractivity contribution < 1.29 is 14.3 Å². The Bertz CT molecular complexity index is 1280. The fourth-order valence-corrected chi connectivity index (χ4v) is 4.84. The fraction of sp³-hybridized carbons (Fsp3) is 0.160. The van der Waals surface area contributed by atoms with E-state index < -0.39 is 0 Å². The van der Waals surface area contributed by atoms with E-state index in [9.17, 15) is 9.59 Å². The van der Waals surface area contributed by atoms with Gasteiger partial charge in [0.1, 0.15) is 5.75 Å². The van der Waals surface area contributed by atoms with Crippen LogP contribution in [-0.2, 0) is 4.79 Å². The summed E-state index contributed by atoms with van der Waals surface area (Å²) in [4.78, 5) is 30.4. The van der Waals surface area contributed by atoms with Gasteiger partial charge in [0.25, 0.3) is 5.91 Å². The largest absolute Gasteiger partial charge is 0.497 e. The van der Waals surface area contributed by atoms with Crippen LogP contribution < -0.4 is 15.4 Å². The molecule has 1 atom stereocenters. The minimum Gasteiger partial charge on any atom is -0.497 e. The van der Waals surface area contributed by atoms with Crippen LogP contribution in [0.5, 0.6) is 5.75 Å². The molecule has 1 unspecified atom stereocenters. The molecule has 168 valence electrons. The van der Waals surface area contributed by atoms with Crippen molar-refractivity contribution in [3.05, 3.63) is 77.9 Å². The quantitative estimate of drug-likeness (QED) is 0.320. The molecule has 0 fully saturated rings. The molecule has 1 aromatic heterocycles. The van der Waals surface area contributed by atoms with Crippen molar-refractivity contribution in [1.82, 2.24) is 4.98 Å². The van der Waals surface area contributed by atoms with Crippen LogP contribution in [0.2, 0.25) is 0 Å². The van der Waals surface area contributed by atoms with Crippen LogP contribution >= 0.6 is 23.1 Å². The van der Waals surface area contributed by atoms with Crippen LogP contribution in [0.4, 0.5) is 10.8 Å². The van der Waals surface area contributed by atoms with Gasteiger partial charge in [-0.05, 0) is 68.4 Å². The summed E-state index contributed by atoms with van der Waals surface area (Å²) >= 11 is 2.85. The minimum absolute atomic E-state index is 0.122. The lowest BCUT2D eigenvalue weighted by Gasteiger charge is -2.11. The molecule has 0 aliphatic heterocycles. The minimum atomic E-state index is -0.320. The number of hydrogen-bond acceptors (Lipinski definition) is 6. The Morgan fingerprint density at radius 3 is 2.42 bits per heavy atom. The number of carbonyl (C=O) groups excluding carboxylic acids is 2. The van der Waals surface area contributed by atoms with E-state index in [2.05, 4.69) is 15.6 Å². The molecule has 0 saturated carbocycles. The molecule has 0 aliphatic rings. The molecule has 0 aliphatic carbocycles. The number of thiazole rings is 1. The molecule has 0 spiro atoms. The summed E-state index contributed by atoms with van der Waals surface area (Å²) in [5.41, 5.74) is 3.23. The van der Waals surface area contributed by atoms with Gasteiger partial charge in [0.15, 0.2) is 5.13 Å². The molecular weight excluding hydrogens is 454 g/mol. The number of carbonyl (C=O) groups is 2. The molecule has 1 heterocycles. The smallest absolute Gasteiger partial charge is 0.255 e.